The minimum Gasteiger partial charge on any atom is -0.371 e. The molecule has 0 bridgehead atoms. The van der Waals surface area contributed by atoms with Gasteiger partial charge in [0.1, 0.15) is 0 Å². The predicted octanol–water partition coefficient (Wildman–Crippen LogP) is 4.58. The van der Waals surface area contributed by atoms with Crippen LogP contribution in [-0.4, -0.2) is 24.6 Å². The highest BCUT2D eigenvalue weighted by atomic mass is 79.9. The SMILES string of the molecule is C[C@@H](c1ccccc1)N1CCO[C@@H](c2ccc(Br)cc2)C1. The molecule has 1 fully saturated rings. The van der Waals surface area contributed by atoms with Gasteiger partial charge in [0.25, 0.3) is 0 Å². The fourth-order valence-corrected chi connectivity index (χ4v) is 3.11. The van der Waals surface area contributed by atoms with Gasteiger partial charge >= 0.3 is 0 Å². The Labute approximate surface area is 134 Å². The van der Waals surface area contributed by atoms with Gasteiger partial charge < -0.3 is 4.74 Å². The summed E-state index contributed by atoms with van der Waals surface area (Å²) < 4.78 is 7.07. The fourth-order valence-electron chi connectivity index (χ4n) is 2.84. The van der Waals surface area contributed by atoms with E-state index < -0.39 is 0 Å². The van der Waals surface area contributed by atoms with Crippen LogP contribution in [0.2, 0.25) is 0 Å². The third kappa shape index (κ3) is 3.54. The average Bonchev–Trinajstić information content (AvgIpc) is 2.56. The van der Waals surface area contributed by atoms with E-state index in [4.69, 9.17) is 4.74 Å². The van der Waals surface area contributed by atoms with E-state index in [-0.39, 0.29) is 6.10 Å². The monoisotopic (exact) mass is 345 g/mol. The topological polar surface area (TPSA) is 12.5 Å². The number of halogens is 1. The number of nitrogens with zero attached hydrogens (tertiary/aromatic N) is 1. The second-order valence-electron chi connectivity index (χ2n) is 5.49. The molecule has 2 atom stereocenters. The van der Waals surface area contributed by atoms with Crippen molar-refractivity contribution in [3.8, 4) is 0 Å². The quantitative estimate of drug-likeness (QED) is 0.806. The van der Waals surface area contributed by atoms with Crippen molar-refractivity contribution in [3.63, 3.8) is 0 Å². The Hall–Kier alpha value is -1.16. The van der Waals surface area contributed by atoms with Crippen molar-refractivity contribution < 1.29 is 4.74 Å². The second-order valence-corrected chi connectivity index (χ2v) is 6.41. The van der Waals surface area contributed by atoms with Crippen LogP contribution in [0.25, 0.3) is 0 Å². The van der Waals surface area contributed by atoms with E-state index in [1.165, 1.54) is 11.1 Å². The summed E-state index contributed by atoms with van der Waals surface area (Å²) in [5, 5.41) is 0. The van der Waals surface area contributed by atoms with E-state index in [0.717, 1.165) is 24.2 Å². The highest BCUT2D eigenvalue weighted by Crippen LogP contribution is 2.29. The maximum atomic E-state index is 5.96. The van der Waals surface area contributed by atoms with E-state index in [9.17, 15) is 0 Å². The van der Waals surface area contributed by atoms with Gasteiger partial charge in [-0.2, -0.15) is 0 Å². The van der Waals surface area contributed by atoms with Crippen LogP contribution in [0.3, 0.4) is 0 Å². The molecule has 3 rings (SSSR count). The molecule has 21 heavy (non-hydrogen) atoms. The zero-order chi connectivity index (χ0) is 14.7. The molecule has 2 nitrogen and oxygen atoms in total. The van der Waals surface area contributed by atoms with Gasteiger partial charge in [0.15, 0.2) is 0 Å². The molecule has 1 saturated heterocycles. The van der Waals surface area contributed by atoms with Crippen LogP contribution in [0.1, 0.15) is 30.2 Å². The highest BCUT2D eigenvalue weighted by Gasteiger charge is 2.25. The van der Waals surface area contributed by atoms with Crippen molar-refractivity contribution in [2.75, 3.05) is 19.7 Å². The molecule has 1 aliphatic heterocycles. The van der Waals surface area contributed by atoms with Crippen molar-refractivity contribution in [3.05, 3.63) is 70.2 Å². The lowest BCUT2D eigenvalue weighted by Gasteiger charge is -2.37. The molecule has 0 N–H and O–H groups in total. The Morgan fingerprint density at radius 2 is 1.81 bits per heavy atom. The molecule has 2 aromatic rings. The summed E-state index contributed by atoms with van der Waals surface area (Å²) in [7, 11) is 0. The van der Waals surface area contributed by atoms with Crippen LogP contribution in [0, 0.1) is 0 Å². The number of hydrogen-bond acceptors (Lipinski definition) is 2. The van der Waals surface area contributed by atoms with Crippen LogP contribution in [-0.2, 0) is 4.74 Å². The second kappa shape index (κ2) is 6.73. The highest BCUT2D eigenvalue weighted by molar-refractivity contribution is 9.10. The summed E-state index contributed by atoms with van der Waals surface area (Å²) >= 11 is 3.48. The van der Waals surface area contributed by atoms with Gasteiger partial charge in [0.05, 0.1) is 12.7 Å². The number of hydrogen-bond donors (Lipinski definition) is 0. The fraction of sp³-hybridized carbons (Fsp3) is 0.333. The zero-order valence-electron chi connectivity index (χ0n) is 12.2. The molecule has 110 valence electrons. The molecule has 0 spiro atoms. The zero-order valence-corrected chi connectivity index (χ0v) is 13.8. The van der Waals surface area contributed by atoms with E-state index in [2.05, 4.69) is 82.4 Å². The molecular weight excluding hydrogens is 326 g/mol. The van der Waals surface area contributed by atoms with Crippen LogP contribution in [0.15, 0.2) is 59.1 Å². The summed E-state index contributed by atoms with van der Waals surface area (Å²) in [5.74, 6) is 0. The van der Waals surface area contributed by atoms with Gasteiger partial charge in [-0.05, 0) is 30.2 Å². The first-order chi connectivity index (χ1) is 10.2. The third-order valence-corrected chi connectivity index (χ3v) is 4.70. The van der Waals surface area contributed by atoms with E-state index >= 15 is 0 Å². The lowest BCUT2D eigenvalue weighted by Crippen LogP contribution is -2.39. The minimum atomic E-state index is 0.165. The lowest BCUT2D eigenvalue weighted by atomic mass is 10.0. The maximum absolute atomic E-state index is 5.96. The van der Waals surface area contributed by atoms with E-state index in [0.29, 0.717) is 6.04 Å². The van der Waals surface area contributed by atoms with Crippen molar-refractivity contribution in [1.82, 2.24) is 4.90 Å². The minimum absolute atomic E-state index is 0.165. The van der Waals surface area contributed by atoms with Gasteiger partial charge in [-0.25, -0.2) is 0 Å². The number of ether oxygens (including phenoxy) is 1. The summed E-state index contributed by atoms with van der Waals surface area (Å²) in [5.41, 5.74) is 2.62. The molecule has 0 amide bonds. The number of benzene rings is 2. The molecule has 2 aromatic carbocycles. The normalized spacial score (nSPS) is 21.1. The molecule has 1 aliphatic rings. The van der Waals surface area contributed by atoms with Crippen molar-refractivity contribution in [2.45, 2.75) is 19.1 Å². The van der Waals surface area contributed by atoms with Gasteiger partial charge in [0, 0.05) is 23.6 Å². The number of rotatable bonds is 3. The van der Waals surface area contributed by atoms with Crippen LogP contribution >= 0.6 is 15.9 Å². The van der Waals surface area contributed by atoms with Crippen LogP contribution in [0.4, 0.5) is 0 Å². The van der Waals surface area contributed by atoms with Gasteiger partial charge in [-0.3, -0.25) is 4.90 Å². The third-order valence-electron chi connectivity index (χ3n) is 4.17. The Balaban J connectivity index is 1.72. The maximum Gasteiger partial charge on any atom is 0.0952 e. The molecule has 3 heteroatoms. The summed E-state index contributed by atoms with van der Waals surface area (Å²) in [6.45, 7) is 5.00. The summed E-state index contributed by atoms with van der Waals surface area (Å²) in [6, 6.07) is 19.6. The number of morpholine rings is 1. The van der Waals surface area contributed by atoms with Crippen LogP contribution < -0.4 is 0 Å². The largest absolute Gasteiger partial charge is 0.371 e. The van der Waals surface area contributed by atoms with E-state index in [1.807, 2.05) is 0 Å². The average molecular weight is 346 g/mol. The summed E-state index contributed by atoms with van der Waals surface area (Å²) in [6.07, 6.45) is 0.165. The van der Waals surface area contributed by atoms with Crippen molar-refractivity contribution in [1.29, 1.82) is 0 Å². The Bertz CT molecular complexity index is 570. The van der Waals surface area contributed by atoms with Crippen molar-refractivity contribution in [2.24, 2.45) is 0 Å². The van der Waals surface area contributed by atoms with Gasteiger partial charge in [-0.1, -0.05) is 58.4 Å². The molecule has 0 unspecified atom stereocenters. The molecular formula is C18H20BrNO. The Morgan fingerprint density at radius 3 is 2.52 bits per heavy atom. The first-order valence-corrected chi connectivity index (χ1v) is 8.19. The standard InChI is InChI=1S/C18H20BrNO/c1-14(15-5-3-2-4-6-15)20-11-12-21-18(13-20)16-7-9-17(19)10-8-16/h2-10,14,18H,11-13H2,1H3/t14-,18+/m0/s1. The first-order valence-electron chi connectivity index (χ1n) is 7.40. The molecule has 0 radical (unpaired) electrons. The Morgan fingerprint density at radius 1 is 1.10 bits per heavy atom. The van der Waals surface area contributed by atoms with Crippen molar-refractivity contribution >= 4 is 15.9 Å². The lowest BCUT2D eigenvalue weighted by molar-refractivity contribution is -0.0431. The molecule has 1 heterocycles. The van der Waals surface area contributed by atoms with Crippen LogP contribution in [0.5, 0.6) is 0 Å². The van der Waals surface area contributed by atoms with E-state index in [1.54, 1.807) is 0 Å². The molecule has 0 aromatic heterocycles. The molecule has 0 aliphatic carbocycles. The Kier molecular flexibility index (Phi) is 4.73. The summed E-state index contributed by atoms with van der Waals surface area (Å²) in [4.78, 5) is 2.51. The smallest absolute Gasteiger partial charge is 0.0952 e. The predicted molar refractivity (Wildman–Crippen MR) is 89.3 cm³/mol. The van der Waals surface area contributed by atoms with Gasteiger partial charge in [-0.15, -0.1) is 0 Å². The van der Waals surface area contributed by atoms with Gasteiger partial charge in [0.2, 0.25) is 0 Å². The first kappa shape index (κ1) is 14.8. The molecule has 0 saturated carbocycles.